The Morgan fingerprint density at radius 3 is 2.26 bits per heavy atom. The molecule has 0 heterocycles. The van der Waals surface area contributed by atoms with Gasteiger partial charge in [-0.25, -0.2) is 18.0 Å². The predicted molar refractivity (Wildman–Crippen MR) is 63.4 cm³/mol. The molecule has 2 aromatic rings. The smallest absolute Gasteiger partial charge is 0.336 e. The van der Waals surface area contributed by atoms with E-state index < -0.39 is 23.4 Å². The lowest BCUT2D eigenvalue weighted by atomic mass is 9.97. The fraction of sp³-hybridized carbons (Fsp3) is 0.0714. The largest absolute Gasteiger partial charge is 0.478 e. The summed E-state index contributed by atoms with van der Waals surface area (Å²) < 4.78 is 39.5. The van der Waals surface area contributed by atoms with Crippen LogP contribution in [0.3, 0.4) is 0 Å². The summed E-state index contributed by atoms with van der Waals surface area (Å²) in [5.41, 5.74) is 0.123. The third-order valence-corrected chi connectivity index (χ3v) is 2.76. The second-order valence-electron chi connectivity index (χ2n) is 4.08. The summed E-state index contributed by atoms with van der Waals surface area (Å²) in [6.07, 6.45) is 0. The molecule has 0 bridgehead atoms. The number of carboxylic acids is 1. The van der Waals surface area contributed by atoms with Gasteiger partial charge in [0.1, 0.15) is 5.82 Å². The summed E-state index contributed by atoms with van der Waals surface area (Å²) in [6, 6.07) is 5.08. The van der Waals surface area contributed by atoms with Gasteiger partial charge in [-0.15, -0.1) is 0 Å². The van der Waals surface area contributed by atoms with Crippen molar-refractivity contribution in [2.45, 2.75) is 6.92 Å². The van der Waals surface area contributed by atoms with E-state index in [9.17, 15) is 18.0 Å². The average Bonchev–Trinajstić information content (AvgIpc) is 2.35. The van der Waals surface area contributed by atoms with Crippen LogP contribution in [0.5, 0.6) is 0 Å². The molecule has 2 aromatic carbocycles. The summed E-state index contributed by atoms with van der Waals surface area (Å²) in [4.78, 5) is 11.1. The van der Waals surface area contributed by atoms with Crippen molar-refractivity contribution in [2.24, 2.45) is 0 Å². The minimum absolute atomic E-state index is 0.00880. The van der Waals surface area contributed by atoms with Crippen molar-refractivity contribution in [3.05, 3.63) is 58.9 Å². The molecule has 0 saturated carbocycles. The number of carbonyl (C=O) groups is 1. The van der Waals surface area contributed by atoms with Gasteiger partial charge in [0.05, 0.1) is 5.56 Å². The van der Waals surface area contributed by atoms with Gasteiger partial charge in [-0.3, -0.25) is 0 Å². The van der Waals surface area contributed by atoms with Gasteiger partial charge in [-0.2, -0.15) is 0 Å². The molecular weight excluding hydrogens is 257 g/mol. The molecule has 2 nitrogen and oxygen atoms in total. The number of halogens is 3. The zero-order valence-corrected chi connectivity index (χ0v) is 9.88. The first-order chi connectivity index (χ1) is 8.90. The van der Waals surface area contributed by atoms with Crippen LogP contribution in [0.1, 0.15) is 15.9 Å². The number of carboxylic acid groups (broad SMARTS) is 1. The monoisotopic (exact) mass is 266 g/mol. The van der Waals surface area contributed by atoms with Gasteiger partial charge in [0.25, 0.3) is 0 Å². The summed E-state index contributed by atoms with van der Waals surface area (Å²) >= 11 is 0. The Morgan fingerprint density at radius 1 is 1.00 bits per heavy atom. The lowest BCUT2D eigenvalue weighted by Crippen LogP contribution is -2.02. The lowest BCUT2D eigenvalue weighted by Gasteiger charge is -2.09. The molecule has 0 aliphatic heterocycles. The van der Waals surface area contributed by atoms with E-state index in [1.165, 1.54) is 13.0 Å². The van der Waals surface area contributed by atoms with Crippen molar-refractivity contribution in [3.8, 4) is 11.1 Å². The second kappa shape index (κ2) is 4.76. The highest BCUT2D eigenvalue weighted by molar-refractivity contribution is 5.96. The van der Waals surface area contributed by atoms with Crippen molar-refractivity contribution >= 4 is 5.97 Å². The second-order valence-corrected chi connectivity index (χ2v) is 4.08. The van der Waals surface area contributed by atoms with Gasteiger partial charge in [0.15, 0.2) is 11.6 Å². The summed E-state index contributed by atoms with van der Waals surface area (Å²) in [7, 11) is 0. The van der Waals surface area contributed by atoms with Crippen molar-refractivity contribution in [3.63, 3.8) is 0 Å². The molecule has 1 N–H and O–H groups in total. The zero-order valence-electron chi connectivity index (χ0n) is 9.88. The maximum Gasteiger partial charge on any atom is 0.336 e. The van der Waals surface area contributed by atoms with Crippen LogP contribution in [-0.2, 0) is 0 Å². The molecule has 5 heteroatoms. The maximum absolute atomic E-state index is 13.5. The number of hydrogen-bond acceptors (Lipinski definition) is 1. The van der Waals surface area contributed by atoms with Crippen molar-refractivity contribution in [2.75, 3.05) is 0 Å². The van der Waals surface area contributed by atoms with E-state index in [2.05, 4.69) is 0 Å². The molecule has 0 amide bonds. The molecule has 0 radical (unpaired) electrons. The van der Waals surface area contributed by atoms with Gasteiger partial charge < -0.3 is 5.11 Å². The Kier molecular flexibility index (Phi) is 3.29. The van der Waals surface area contributed by atoms with Crippen LogP contribution in [0.2, 0.25) is 0 Å². The molecule has 0 aliphatic rings. The first kappa shape index (κ1) is 13.1. The average molecular weight is 266 g/mol. The first-order valence-electron chi connectivity index (χ1n) is 5.39. The van der Waals surface area contributed by atoms with Crippen LogP contribution < -0.4 is 0 Å². The minimum atomic E-state index is -1.26. The first-order valence-corrected chi connectivity index (χ1v) is 5.39. The number of rotatable bonds is 2. The summed E-state index contributed by atoms with van der Waals surface area (Å²) in [5, 5.41) is 9.08. The number of benzene rings is 2. The predicted octanol–water partition coefficient (Wildman–Crippen LogP) is 3.78. The van der Waals surface area contributed by atoms with Crippen molar-refractivity contribution in [1.82, 2.24) is 0 Å². The van der Waals surface area contributed by atoms with E-state index in [0.717, 1.165) is 24.3 Å². The molecule has 19 heavy (non-hydrogen) atoms. The minimum Gasteiger partial charge on any atom is -0.478 e. The fourth-order valence-electron chi connectivity index (χ4n) is 1.76. The Balaban J connectivity index is 2.69. The van der Waals surface area contributed by atoms with E-state index in [0.29, 0.717) is 0 Å². The van der Waals surface area contributed by atoms with Crippen LogP contribution in [0.15, 0.2) is 30.3 Å². The van der Waals surface area contributed by atoms with Gasteiger partial charge in [-0.1, -0.05) is 6.07 Å². The standard InChI is InChI=1S/C14H9F3O2/c1-7-4-10(14(18)19)9(6-12(7)16)8-2-3-11(15)13(17)5-8/h2-6H,1H3,(H,18,19). The Morgan fingerprint density at radius 2 is 1.68 bits per heavy atom. The molecule has 0 aromatic heterocycles. The molecule has 0 atom stereocenters. The van der Waals surface area contributed by atoms with E-state index in [4.69, 9.17) is 5.11 Å². The van der Waals surface area contributed by atoms with Gasteiger partial charge in [-0.05, 0) is 47.9 Å². The molecule has 98 valence electrons. The Bertz CT molecular complexity index is 666. The van der Waals surface area contributed by atoms with Crippen LogP contribution in [0.4, 0.5) is 13.2 Å². The van der Waals surface area contributed by atoms with Crippen LogP contribution in [-0.4, -0.2) is 11.1 Å². The lowest BCUT2D eigenvalue weighted by molar-refractivity contribution is 0.0697. The summed E-state index contributed by atoms with van der Waals surface area (Å²) in [6.45, 7) is 1.43. The number of hydrogen-bond donors (Lipinski definition) is 1. The molecular formula is C14H9F3O2. The van der Waals surface area contributed by atoms with Gasteiger partial charge in [0, 0.05) is 0 Å². The number of aryl methyl sites for hydroxylation is 1. The maximum atomic E-state index is 13.5. The molecule has 0 aliphatic carbocycles. The molecule has 0 spiro atoms. The zero-order chi connectivity index (χ0) is 14.2. The van der Waals surface area contributed by atoms with E-state index in [1.807, 2.05) is 0 Å². The Hall–Kier alpha value is -2.30. The highest BCUT2D eigenvalue weighted by Gasteiger charge is 2.16. The van der Waals surface area contributed by atoms with E-state index >= 15 is 0 Å². The SMILES string of the molecule is Cc1cc(C(=O)O)c(-c2ccc(F)c(F)c2)cc1F. The third-order valence-electron chi connectivity index (χ3n) is 2.76. The quantitative estimate of drug-likeness (QED) is 0.898. The van der Waals surface area contributed by atoms with Gasteiger partial charge >= 0.3 is 5.97 Å². The van der Waals surface area contributed by atoms with Crippen molar-refractivity contribution < 1.29 is 23.1 Å². The van der Waals surface area contributed by atoms with Gasteiger partial charge in [0.2, 0.25) is 0 Å². The molecule has 2 rings (SSSR count). The normalized spacial score (nSPS) is 10.5. The van der Waals surface area contributed by atoms with E-state index in [-0.39, 0.29) is 22.3 Å². The Labute approximate surface area is 107 Å². The number of aromatic carboxylic acids is 1. The van der Waals surface area contributed by atoms with Crippen LogP contribution in [0.25, 0.3) is 11.1 Å². The van der Waals surface area contributed by atoms with Crippen molar-refractivity contribution in [1.29, 1.82) is 0 Å². The van der Waals surface area contributed by atoms with Crippen LogP contribution >= 0.6 is 0 Å². The highest BCUT2D eigenvalue weighted by Crippen LogP contribution is 2.28. The van der Waals surface area contributed by atoms with E-state index in [1.54, 1.807) is 0 Å². The molecule has 0 saturated heterocycles. The topological polar surface area (TPSA) is 37.3 Å². The molecule has 0 unspecified atom stereocenters. The fourth-order valence-corrected chi connectivity index (χ4v) is 1.76. The third kappa shape index (κ3) is 2.45. The molecule has 0 fully saturated rings. The van der Waals surface area contributed by atoms with Crippen LogP contribution in [0, 0.1) is 24.4 Å². The highest BCUT2D eigenvalue weighted by atomic mass is 19.2. The summed E-state index contributed by atoms with van der Waals surface area (Å²) in [5.74, 6) is -4.03.